The van der Waals surface area contributed by atoms with Crippen molar-refractivity contribution in [3.8, 4) is 11.8 Å². The molecule has 1 aliphatic carbocycles. The highest BCUT2D eigenvalue weighted by molar-refractivity contribution is 9.10. The SMILES string of the molecule is CCC1CCC(C#N)(C(O)c2cc(Br)ccc2OC)C1. The third-order valence-corrected chi connectivity index (χ3v) is 4.95. The average Bonchev–Trinajstić information content (AvgIpc) is 2.91. The van der Waals surface area contributed by atoms with E-state index in [0.717, 1.165) is 30.2 Å². The lowest BCUT2D eigenvalue weighted by Crippen LogP contribution is -2.25. The van der Waals surface area contributed by atoms with Gasteiger partial charge in [0.05, 0.1) is 18.6 Å². The van der Waals surface area contributed by atoms with Crippen LogP contribution in [0, 0.1) is 22.7 Å². The molecule has 3 unspecified atom stereocenters. The molecule has 1 aromatic carbocycles. The lowest BCUT2D eigenvalue weighted by Gasteiger charge is -2.29. The molecule has 4 heteroatoms. The first kappa shape index (κ1) is 15.3. The normalized spacial score (nSPS) is 27.1. The van der Waals surface area contributed by atoms with Gasteiger partial charge in [-0.3, -0.25) is 0 Å². The van der Waals surface area contributed by atoms with Gasteiger partial charge in [0.2, 0.25) is 0 Å². The van der Waals surface area contributed by atoms with E-state index in [1.165, 1.54) is 0 Å². The zero-order valence-corrected chi connectivity index (χ0v) is 13.5. The van der Waals surface area contributed by atoms with Gasteiger partial charge in [0.15, 0.2) is 0 Å². The molecule has 1 aromatic rings. The van der Waals surface area contributed by atoms with Crippen LogP contribution in [-0.2, 0) is 0 Å². The van der Waals surface area contributed by atoms with Gasteiger partial charge in [0.1, 0.15) is 11.9 Å². The van der Waals surface area contributed by atoms with Crippen molar-refractivity contribution in [1.29, 1.82) is 5.26 Å². The Hall–Kier alpha value is -1.05. The Morgan fingerprint density at radius 1 is 1.60 bits per heavy atom. The summed E-state index contributed by atoms with van der Waals surface area (Å²) in [4.78, 5) is 0. The monoisotopic (exact) mass is 337 g/mol. The van der Waals surface area contributed by atoms with Crippen LogP contribution in [0.4, 0.5) is 0 Å². The molecule has 20 heavy (non-hydrogen) atoms. The van der Waals surface area contributed by atoms with Gasteiger partial charge < -0.3 is 9.84 Å². The predicted octanol–water partition coefficient (Wildman–Crippen LogP) is 4.21. The molecule has 0 aromatic heterocycles. The zero-order chi connectivity index (χ0) is 14.8. The van der Waals surface area contributed by atoms with E-state index < -0.39 is 11.5 Å². The van der Waals surface area contributed by atoms with E-state index in [-0.39, 0.29) is 0 Å². The van der Waals surface area contributed by atoms with Gasteiger partial charge in [-0.2, -0.15) is 5.26 Å². The van der Waals surface area contributed by atoms with Crippen molar-refractivity contribution >= 4 is 15.9 Å². The van der Waals surface area contributed by atoms with Gasteiger partial charge in [0.25, 0.3) is 0 Å². The van der Waals surface area contributed by atoms with Crippen LogP contribution in [-0.4, -0.2) is 12.2 Å². The fourth-order valence-corrected chi connectivity index (χ4v) is 3.54. The number of halogens is 1. The van der Waals surface area contributed by atoms with Crippen molar-refractivity contribution in [3.05, 3.63) is 28.2 Å². The lowest BCUT2D eigenvalue weighted by molar-refractivity contribution is 0.0618. The number of aliphatic hydroxyl groups excluding tert-OH is 1. The molecule has 1 saturated carbocycles. The molecule has 0 radical (unpaired) electrons. The van der Waals surface area contributed by atoms with E-state index in [1.54, 1.807) is 7.11 Å². The third kappa shape index (κ3) is 2.70. The maximum absolute atomic E-state index is 10.8. The largest absolute Gasteiger partial charge is 0.496 e. The minimum atomic E-state index is -0.809. The van der Waals surface area contributed by atoms with Crippen molar-refractivity contribution in [3.63, 3.8) is 0 Å². The van der Waals surface area contributed by atoms with Crippen LogP contribution in [0.3, 0.4) is 0 Å². The molecule has 0 saturated heterocycles. The van der Waals surface area contributed by atoms with E-state index in [9.17, 15) is 10.4 Å². The number of rotatable bonds is 4. The van der Waals surface area contributed by atoms with Crippen LogP contribution >= 0.6 is 15.9 Å². The van der Waals surface area contributed by atoms with Crippen LogP contribution in [0.15, 0.2) is 22.7 Å². The number of nitrogens with zero attached hydrogens (tertiary/aromatic N) is 1. The van der Waals surface area contributed by atoms with E-state index in [2.05, 4.69) is 28.9 Å². The number of ether oxygens (including phenoxy) is 1. The molecule has 3 nitrogen and oxygen atoms in total. The predicted molar refractivity (Wildman–Crippen MR) is 81.3 cm³/mol. The third-order valence-electron chi connectivity index (χ3n) is 4.46. The second-order valence-electron chi connectivity index (χ2n) is 5.57. The van der Waals surface area contributed by atoms with Gasteiger partial charge in [-0.25, -0.2) is 0 Å². The fraction of sp³-hybridized carbons (Fsp3) is 0.562. The molecule has 1 fully saturated rings. The molecule has 2 rings (SSSR count). The topological polar surface area (TPSA) is 53.2 Å². The van der Waals surface area contributed by atoms with Crippen LogP contribution < -0.4 is 4.74 Å². The van der Waals surface area contributed by atoms with Crippen molar-refractivity contribution in [2.75, 3.05) is 7.11 Å². The van der Waals surface area contributed by atoms with Gasteiger partial charge >= 0.3 is 0 Å². The Labute approximate surface area is 128 Å². The fourth-order valence-electron chi connectivity index (χ4n) is 3.16. The maximum atomic E-state index is 10.8. The van der Waals surface area contributed by atoms with Gasteiger partial charge in [-0.15, -0.1) is 0 Å². The highest BCUT2D eigenvalue weighted by atomic mass is 79.9. The molecule has 0 bridgehead atoms. The van der Waals surface area contributed by atoms with E-state index >= 15 is 0 Å². The minimum Gasteiger partial charge on any atom is -0.496 e. The van der Waals surface area contributed by atoms with Crippen LogP contribution in [0.5, 0.6) is 5.75 Å². The van der Waals surface area contributed by atoms with Crippen molar-refractivity contribution in [2.24, 2.45) is 11.3 Å². The molecule has 0 aliphatic heterocycles. The number of nitriles is 1. The summed E-state index contributed by atoms with van der Waals surface area (Å²) in [6.07, 6.45) is 2.77. The Morgan fingerprint density at radius 2 is 2.35 bits per heavy atom. The first-order chi connectivity index (χ1) is 9.56. The Kier molecular flexibility index (Phi) is 4.72. The molecule has 0 heterocycles. The summed E-state index contributed by atoms with van der Waals surface area (Å²) in [7, 11) is 1.59. The Balaban J connectivity index is 2.37. The number of aliphatic hydroxyl groups is 1. The molecule has 108 valence electrons. The molecular formula is C16H20BrNO2. The quantitative estimate of drug-likeness (QED) is 0.895. The molecule has 1 aliphatic rings. The smallest absolute Gasteiger partial charge is 0.124 e. The van der Waals surface area contributed by atoms with E-state index in [0.29, 0.717) is 17.2 Å². The van der Waals surface area contributed by atoms with E-state index in [1.807, 2.05) is 18.2 Å². The second kappa shape index (κ2) is 6.15. The summed E-state index contributed by atoms with van der Waals surface area (Å²) in [5.74, 6) is 1.16. The first-order valence-electron chi connectivity index (χ1n) is 6.99. The van der Waals surface area contributed by atoms with Crippen molar-refractivity contribution < 1.29 is 9.84 Å². The minimum absolute atomic E-state index is 0.530. The van der Waals surface area contributed by atoms with Crippen LogP contribution in [0.25, 0.3) is 0 Å². The highest BCUT2D eigenvalue weighted by Crippen LogP contribution is 2.52. The summed E-state index contributed by atoms with van der Waals surface area (Å²) < 4.78 is 6.21. The molecular weight excluding hydrogens is 318 g/mol. The summed E-state index contributed by atoms with van der Waals surface area (Å²) in [6.45, 7) is 2.14. The second-order valence-corrected chi connectivity index (χ2v) is 6.49. The van der Waals surface area contributed by atoms with Crippen molar-refractivity contribution in [1.82, 2.24) is 0 Å². The Morgan fingerprint density at radius 3 is 2.90 bits per heavy atom. The summed E-state index contributed by atoms with van der Waals surface area (Å²) in [5, 5.41) is 20.4. The van der Waals surface area contributed by atoms with Gasteiger partial charge in [-0.05, 0) is 43.4 Å². The van der Waals surface area contributed by atoms with Crippen LogP contribution in [0.1, 0.15) is 44.3 Å². The first-order valence-corrected chi connectivity index (χ1v) is 7.78. The molecule has 3 atom stereocenters. The number of hydrogen-bond acceptors (Lipinski definition) is 3. The number of benzene rings is 1. The van der Waals surface area contributed by atoms with Gasteiger partial charge in [-0.1, -0.05) is 29.3 Å². The molecule has 0 spiro atoms. The summed E-state index contributed by atoms with van der Waals surface area (Å²) in [6, 6.07) is 7.93. The maximum Gasteiger partial charge on any atom is 0.124 e. The molecule has 0 amide bonds. The highest BCUT2D eigenvalue weighted by Gasteiger charge is 2.46. The zero-order valence-electron chi connectivity index (χ0n) is 11.9. The summed E-state index contributed by atoms with van der Waals surface area (Å²) in [5.41, 5.74) is 0.00885. The standard InChI is InChI=1S/C16H20BrNO2/c1-3-11-6-7-16(9-11,10-18)15(19)13-8-12(17)4-5-14(13)20-2/h4-5,8,11,15,19H,3,6-7,9H2,1-2H3. The van der Waals surface area contributed by atoms with E-state index in [4.69, 9.17) is 4.74 Å². The molecule has 1 N–H and O–H groups in total. The number of hydrogen-bond donors (Lipinski definition) is 1. The Bertz CT molecular complexity index is 526. The van der Waals surface area contributed by atoms with Crippen molar-refractivity contribution in [2.45, 2.75) is 38.7 Å². The van der Waals surface area contributed by atoms with Gasteiger partial charge in [0, 0.05) is 10.0 Å². The number of methoxy groups -OCH3 is 1. The van der Waals surface area contributed by atoms with Crippen LogP contribution in [0.2, 0.25) is 0 Å². The lowest BCUT2D eigenvalue weighted by atomic mass is 9.77. The average molecular weight is 338 g/mol. The summed E-state index contributed by atoms with van der Waals surface area (Å²) >= 11 is 3.42.